The summed E-state index contributed by atoms with van der Waals surface area (Å²) in [5, 5.41) is 20.5. The zero-order valence-electron chi connectivity index (χ0n) is 10.7. The molecule has 7 heteroatoms. The molecule has 1 aromatic rings. The van der Waals surface area contributed by atoms with Crippen LogP contribution in [-0.2, 0) is 14.6 Å². The first-order chi connectivity index (χ1) is 9.39. The van der Waals surface area contributed by atoms with E-state index in [1.165, 1.54) is 24.3 Å². The molecule has 0 saturated heterocycles. The van der Waals surface area contributed by atoms with Gasteiger partial charge in [0.1, 0.15) is 5.54 Å². The molecule has 1 saturated carbocycles. The van der Waals surface area contributed by atoms with Crippen molar-refractivity contribution in [2.24, 2.45) is 0 Å². The number of sulfone groups is 1. The highest BCUT2D eigenvalue weighted by Crippen LogP contribution is 2.35. The fourth-order valence-electron chi connectivity index (χ4n) is 1.89. The van der Waals surface area contributed by atoms with Gasteiger partial charge in [-0.1, -0.05) is 6.07 Å². The van der Waals surface area contributed by atoms with E-state index < -0.39 is 21.3 Å². The van der Waals surface area contributed by atoms with Crippen LogP contribution in [0, 0.1) is 11.3 Å². The van der Waals surface area contributed by atoms with Gasteiger partial charge in [-0.15, -0.1) is 0 Å². The molecular formula is C13H14N2O4S. The Balaban J connectivity index is 2.01. The third-order valence-electron chi connectivity index (χ3n) is 3.32. The van der Waals surface area contributed by atoms with Crippen LogP contribution in [0.25, 0.3) is 0 Å². The zero-order chi connectivity index (χ0) is 14.8. The highest BCUT2D eigenvalue weighted by Gasteiger charge is 2.49. The number of rotatable bonds is 6. The molecule has 2 rings (SSSR count). The number of benzene rings is 1. The Morgan fingerprint density at radius 3 is 2.70 bits per heavy atom. The van der Waals surface area contributed by atoms with Crippen molar-refractivity contribution in [2.45, 2.75) is 23.3 Å². The molecule has 2 N–H and O–H groups in total. The predicted molar refractivity (Wildman–Crippen MR) is 70.8 cm³/mol. The van der Waals surface area contributed by atoms with E-state index in [1.807, 2.05) is 6.07 Å². The summed E-state index contributed by atoms with van der Waals surface area (Å²) in [5.74, 6) is -1.14. The fourth-order valence-corrected chi connectivity index (χ4v) is 3.09. The third kappa shape index (κ3) is 2.98. The fraction of sp³-hybridized carbons (Fsp3) is 0.385. The van der Waals surface area contributed by atoms with E-state index in [1.54, 1.807) is 0 Å². The van der Waals surface area contributed by atoms with Crippen molar-refractivity contribution < 1.29 is 18.3 Å². The first-order valence-corrected chi connectivity index (χ1v) is 7.76. The van der Waals surface area contributed by atoms with E-state index in [0.717, 1.165) is 0 Å². The summed E-state index contributed by atoms with van der Waals surface area (Å²) in [7, 11) is -3.52. The first kappa shape index (κ1) is 14.5. The molecule has 1 aliphatic carbocycles. The summed E-state index contributed by atoms with van der Waals surface area (Å²) < 4.78 is 24.2. The largest absolute Gasteiger partial charge is 0.480 e. The van der Waals surface area contributed by atoms with Crippen molar-refractivity contribution in [2.75, 3.05) is 12.3 Å². The van der Waals surface area contributed by atoms with Gasteiger partial charge in [0.25, 0.3) is 0 Å². The molecule has 6 nitrogen and oxygen atoms in total. The van der Waals surface area contributed by atoms with Crippen LogP contribution in [0.2, 0.25) is 0 Å². The summed E-state index contributed by atoms with van der Waals surface area (Å²) in [5.41, 5.74) is -0.660. The number of nitrogens with one attached hydrogen (secondary N) is 1. The zero-order valence-corrected chi connectivity index (χ0v) is 11.5. The van der Waals surface area contributed by atoms with Gasteiger partial charge in [0.05, 0.1) is 22.3 Å². The maximum Gasteiger partial charge on any atom is 0.323 e. The van der Waals surface area contributed by atoms with Crippen LogP contribution in [0.15, 0.2) is 29.2 Å². The van der Waals surface area contributed by atoms with Crippen molar-refractivity contribution in [1.82, 2.24) is 5.32 Å². The van der Waals surface area contributed by atoms with Gasteiger partial charge in [-0.05, 0) is 31.0 Å². The second kappa shape index (κ2) is 5.23. The normalized spacial score (nSPS) is 16.4. The van der Waals surface area contributed by atoms with Crippen LogP contribution in [0.4, 0.5) is 0 Å². The average Bonchev–Trinajstić information content (AvgIpc) is 3.20. The standard InChI is InChI=1S/C13H14N2O4S/c14-9-10-2-1-3-11(8-10)20(18,19)7-6-15-13(4-5-13)12(16)17/h1-3,8,15H,4-7H2,(H,16,17). The molecule has 1 aromatic carbocycles. The molecule has 0 aromatic heterocycles. The van der Waals surface area contributed by atoms with Gasteiger partial charge in [-0.2, -0.15) is 5.26 Å². The topological polar surface area (TPSA) is 107 Å². The number of nitriles is 1. The van der Waals surface area contributed by atoms with E-state index in [9.17, 15) is 13.2 Å². The monoisotopic (exact) mass is 294 g/mol. The highest BCUT2D eigenvalue weighted by molar-refractivity contribution is 7.91. The van der Waals surface area contributed by atoms with E-state index >= 15 is 0 Å². The summed E-state index contributed by atoms with van der Waals surface area (Å²) >= 11 is 0. The molecule has 20 heavy (non-hydrogen) atoms. The van der Waals surface area contributed by atoms with E-state index in [-0.39, 0.29) is 22.8 Å². The van der Waals surface area contributed by atoms with Crippen molar-refractivity contribution in [3.63, 3.8) is 0 Å². The molecule has 0 radical (unpaired) electrons. The first-order valence-electron chi connectivity index (χ1n) is 6.11. The van der Waals surface area contributed by atoms with Gasteiger partial charge < -0.3 is 10.4 Å². The Hall–Kier alpha value is -1.91. The molecular weight excluding hydrogens is 280 g/mol. The minimum absolute atomic E-state index is 0.0748. The van der Waals surface area contributed by atoms with Crippen molar-refractivity contribution >= 4 is 15.8 Å². The minimum atomic E-state index is -3.52. The third-order valence-corrected chi connectivity index (χ3v) is 5.03. The Kier molecular flexibility index (Phi) is 3.79. The lowest BCUT2D eigenvalue weighted by molar-refractivity contribution is -0.140. The number of carbonyl (C=O) groups is 1. The Bertz CT molecular complexity index is 672. The van der Waals surface area contributed by atoms with Gasteiger partial charge in [0, 0.05) is 6.54 Å². The molecule has 1 aliphatic rings. The van der Waals surface area contributed by atoms with E-state index in [0.29, 0.717) is 12.8 Å². The summed E-state index contributed by atoms with van der Waals surface area (Å²) in [6, 6.07) is 7.68. The summed E-state index contributed by atoms with van der Waals surface area (Å²) in [6.07, 6.45) is 1.04. The van der Waals surface area contributed by atoms with Gasteiger partial charge >= 0.3 is 5.97 Å². The average molecular weight is 294 g/mol. The SMILES string of the molecule is N#Cc1cccc(S(=O)(=O)CCNC2(C(=O)O)CC2)c1. The Morgan fingerprint density at radius 1 is 1.45 bits per heavy atom. The lowest BCUT2D eigenvalue weighted by Crippen LogP contribution is -2.41. The Morgan fingerprint density at radius 2 is 2.15 bits per heavy atom. The summed E-state index contributed by atoms with van der Waals surface area (Å²) in [6.45, 7) is 0.0748. The van der Waals surface area contributed by atoms with Gasteiger partial charge in [-0.25, -0.2) is 8.42 Å². The number of carboxylic acid groups (broad SMARTS) is 1. The number of carboxylic acids is 1. The van der Waals surface area contributed by atoms with Crippen LogP contribution < -0.4 is 5.32 Å². The van der Waals surface area contributed by atoms with Crippen LogP contribution in [0.5, 0.6) is 0 Å². The van der Waals surface area contributed by atoms with Crippen LogP contribution in [0.1, 0.15) is 18.4 Å². The lowest BCUT2D eigenvalue weighted by Gasteiger charge is -2.12. The minimum Gasteiger partial charge on any atom is -0.480 e. The second-order valence-corrected chi connectivity index (χ2v) is 6.88. The van der Waals surface area contributed by atoms with Gasteiger partial charge in [0.2, 0.25) is 0 Å². The molecule has 0 spiro atoms. The maximum absolute atomic E-state index is 12.1. The molecule has 0 amide bonds. The van der Waals surface area contributed by atoms with Gasteiger partial charge in [-0.3, -0.25) is 4.79 Å². The van der Waals surface area contributed by atoms with Crippen LogP contribution in [0.3, 0.4) is 0 Å². The molecule has 0 aliphatic heterocycles. The smallest absolute Gasteiger partial charge is 0.323 e. The van der Waals surface area contributed by atoms with Gasteiger partial charge in [0.15, 0.2) is 9.84 Å². The second-order valence-electron chi connectivity index (χ2n) is 4.77. The molecule has 1 fully saturated rings. The van der Waals surface area contributed by atoms with Crippen LogP contribution >= 0.6 is 0 Å². The molecule has 106 valence electrons. The predicted octanol–water partition coefficient (Wildman–Crippen LogP) is 0.539. The van der Waals surface area contributed by atoms with E-state index in [4.69, 9.17) is 10.4 Å². The molecule has 0 unspecified atom stereocenters. The lowest BCUT2D eigenvalue weighted by atomic mass is 10.2. The van der Waals surface area contributed by atoms with Crippen molar-refractivity contribution in [3.8, 4) is 6.07 Å². The van der Waals surface area contributed by atoms with E-state index in [2.05, 4.69) is 5.32 Å². The number of aliphatic carboxylic acids is 1. The quantitative estimate of drug-likeness (QED) is 0.793. The van der Waals surface area contributed by atoms with Crippen molar-refractivity contribution in [3.05, 3.63) is 29.8 Å². The summed E-state index contributed by atoms with van der Waals surface area (Å²) in [4.78, 5) is 11.0. The molecule has 0 atom stereocenters. The van der Waals surface area contributed by atoms with Crippen molar-refractivity contribution in [1.29, 1.82) is 5.26 Å². The number of nitrogens with zero attached hydrogens (tertiary/aromatic N) is 1. The highest BCUT2D eigenvalue weighted by atomic mass is 32.2. The molecule has 0 bridgehead atoms. The molecule has 0 heterocycles. The number of hydrogen-bond acceptors (Lipinski definition) is 5. The maximum atomic E-state index is 12.1. The number of hydrogen-bond donors (Lipinski definition) is 2. The van der Waals surface area contributed by atoms with Crippen LogP contribution in [-0.4, -0.2) is 37.3 Å². The Labute approximate surface area is 117 Å².